The Bertz CT molecular complexity index is 1790. The van der Waals surface area contributed by atoms with Crippen LogP contribution in [0.15, 0.2) is 54.7 Å². The number of nitrogens with one attached hydrogen (secondary N) is 2. The van der Waals surface area contributed by atoms with Gasteiger partial charge in [0.2, 0.25) is 5.91 Å². The van der Waals surface area contributed by atoms with Gasteiger partial charge < -0.3 is 44.9 Å². The van der Waals surface area contributed by atoms with Crippen LogP contribution < -0.4 is 20.3 Å². The molecular formula is C39H49F3N6O7. The molecule has 13 nitrogen and oxygen atoms in total. The third kappa shape index (κ3) is 10.9. The van der Waals surface area contributed by atoms with E-state index >= 15 is 0 Å². The van der Waals surface area contributed by atoms with E-state index in [9.17, 15) is 33.0 Å². The number of benzene rings is 2. The zero-order valence-corrected chi connectivity index (χ0v) is 30.9. The molecule has 1 unspecified atom stereocenters. The number of hydrogen-bond donors (Lipinski definition) is 4. The Morgan fingerprint density at radius 1 is 1.13 bits per heavy atom. The Labute approximate surface area is 318 Å². The van der Waals surface area contributed by atoms with Crippen molar-refractivity contribution in [3.8, 4) is 11.5 Å². The molecule has 2 saturated heterocycles. The fourth-order valence-electron chi connectivity index (χ4n) is 7.19. The van der Waals surface area contributed by atoms with Crippen molar-refractivity contribution in [2.24, 2.45) is 0 Å². The highest BCUT2D eigenvalue weighted by Crippen LogP contribution is 2.39. The summed E-state index contributed by atoms with van der Waals surface area (Å²) < 4.78 is 57.4. The maximum absolute atomic E-state index is 13.3. The number of fused-ring (bicyclic) bond motifs is 1. The monoisotopic (exact) mass is 770 g/mol. The second kappa shape index (κ2) is 18.0. The van der Waals surface area contributed by atoms with Crippen molar-refractivity contribution in [3.05, 3.63) is 77.0 Å². The van der Waals surface area contributed by atoms with Crippen molar-refractivity contribution in [3.63, 3.8) is 0 Å². The number of piperidine rings is 1. The maximum atomic E-state index is 13.3. The number of aliphatic hydroxyl groups is 1. The molecule has 4 N–H and O–H groups in total. The van der Waals surface area contributed by atoms with Crippen molar-refractivity contribution in [1.82, 2.24) is 20.1 Å². The van der Waals surface area contributed by atoms with Gasteiger partial charge in [0.25, 0.3) is 5.91 Å². The van der Waals surface area contributed by atoms with Crippen LogP contribution in [0.2, 0.25) is 0 Å². The number of halogens is 3. The van der Waals surface area contributed by atoms with E-state index in [1.54, 1.807) is 11.9 Å². The summed E-state index contributed by atoms with van der Waals surface area (Å²) in [5, 5.41) is 26.4. The first-order chi connectivity index (χ1) is 26.4. The molecule has 2 aromatic carbocycles. The van der Waals surface area contributed by atoms with Crippen molar-refractivity contribution in [1.29, 1.82) is 0 Å². The van der Waals surface area contributed by atoms with Gasteiger partial charge in [-0.3, -0.25) is 14.5 Å². The number of aliphatic hydroxyl groups excluding tert-OH is 1. The van der Waals surface area contributed by atoms with Crippen molar-refractivity contribution < 1.29 is 47.2 Å². The van der Waals surface area contributed by atoms with Crippen LogP contribution in [-0.4, -0.2) is 122 Å². The van der Waals surface area contributed by atoms with Gasteiger partial charge in [0.1, 0.15) is 17.3 Å². The first-order valence-corrected chi connectivity index (χ1v) is 18.6. The number of ether oxygens (including phenoxy) is 3. The van der Waals surface area contributed by atoms with Gasteiger partial charge >= 0.3 is 6.18 Å². The number of phenols is 1. The first-order valence-electron chi connectivity index (χ1n) is 18.6. The summed E-state index contributed by atoms with van der Waals surface area (Å²) in [5.41, 5.74) is 1.89. The lowest BCUT2D eigenvalue weighted by Gasteiger charge is -2.47. The topological polar surface area (TPSA) is 149 Å². The highest BCUT2D eigenvalue weighted by Gasteiger charge is 2.40. The third-order valence-electron chi connectivity index (χ3n) is 10.3. The number of carbonyl (C=O) groups is 2. The number of anilines is 2. The summed E-state index contributed by atoms with van der Waals surface area (Å²) in [6.45, 7) is 5.48. The van der Waals surface area contributed by atoms with Gasteiger partial charge in [-0.25, -0.2) is 4.98 Å². The zero-order valence-electron chi connectivity index (χ0n) is 30.9. The number of carbonyl (C=O) groups excluding carboxylic acids is 2. The van der Waals surface area contributed by atoms with Crippen molar-refractivity contribution in [2.75, 3.05) is 89.5 Å². The number of likely N-dealkylation sites (N-methyl/N-ethyl adjacent to an activating group) is 1. The molecule has 0 aliphatic carbocycles. The van der Waals surface area contributed by atoms with E-state index in [0.717, 1.165) is 50.2 Å². The van der Waals surface area contributed by atoms with E-state index in [1.165, 1.54) is 23.9 Å². The van der Waals surface area contributed by atoms with Gasteiger partial charge in [-0.2, -0.15) is 13.2 Å². The summed E-state index contributed by atoms with van der Waals surface area (Å²) in [5.74, 6) is 0.156. The number of morpholine rings is 1. The molecule has 1 aromatic heterocycles. The number of likely N-dealkylation sites (tertiary alicyclic amines) is 1. The van der Waals surface area contributed by atoms with Gasteiger partial charge in [0.15, 0.2) is 6.61 Å². The molecule has 16 heteroatoms. The van der Waals surface area contributed by atoms with Crippen LogP contribution in [0.1, 0.15) is 47.6 Å². The molecule has 4 heterocycles. The fraction of sp³-hybridized carbons (Fsp3) is 0.513. The van der Waals surface area contributed by atoms with Crippen molar-refractivity contribution in [2.45, 2.75) is 50.1 Å². The molecular weight excluding hydrogens is 721 g/mol. The van der Waals surface area contributed by atoms with Gasteiger partial charge in [-0.15, -0.1) is 0 Å². The van der Waals surface area contributed by atoms with Gasteiger partial charge in [0.05, 0.1) is 49.2 Å². The highest BCUT2D eigenvalue weighted by atomic mass is 19.4. The molecule has 3 aromatic rings. The quantitative estimate of drug-likeness (QED) is 0.168. The molecule has 2 amide bonds. The van der Waals surface area contributed by atoms with E-state index in [4.69, 9.17) is 14.2 Å². The molecule has 0 radical (unpaired) electrons. The average molecular weight is 771 g/mol. The van der Waals surface area contributed by atoms with Crippen molar-refractivity contribution >= 4 is 23.3 Å². The van der Waals surface area contributed by atoms with Crippen LogP contribution >= 0.6 is 0 Å². The molecule has 298 valence electrons. The summed E-state index contributed by atoms with van der Waals surface area (Å²) >= 11 is 0. The molecule has 3 aliphatic rings. The number of amides is 2. The lowest BCUT2D eigenvalue weighted by molar-refractivity contribution is -0.137. The smallest absolute Gasteiger partial charge is 0.416 e. The third-order valence-corrected chi connectivity index (χ3v) is 10.3. The number of pyridine rings is 1. The number of nitrogens with zero attached hydrogens (tertiary/aromatic N) is 4. The number of phenolic OH excluding ortho intramolecular Hbond substituents is 1. The van der Waals surface area contributed by atoms with E-state index in [-0.39, 0.29) is 37.1 Å². The second-order valence-electron chi connectivity index (χ2n) is 14.3. The van der Waals surface area contributed by atoms with Crippen LogP contribution in [0.5, 0.6) is 11.5 Å². The molecule has 2 fully saturated rings. The number of alkyl halides is 3. The summed E-state index contributed by atoms with van der Waals surface area (Å²) in [7, 11) is 1.71. The molecule has 0 saturated carbocycles. The van der Waals surface area contributed by atoms with Crippen LogP contribution in [-0.2, 0) is 38.2 Å². The van der Waals surface area contributed by atoms with Gasteiger partial charge in [-0.1, -0.05) is 24.3 Å². The number of rotatable bonds is 15. The fourth-order valence-corrected chi connectivity index (χ4v) is 7.19. The Balaban J connectivity index is 0.857. The minimum absolute atomic E-state index is 0.0579. The number of aromatic nitrogens is 1. The molecule has 6 rings (SSSR count). The molecule has 1 spiro atoms. The standard InChI is InChI=1S/C39H49F3N6O7/c1-46(14-11-43-23-33(50)31-21-30(49)22-32-37(31)54-25-35(51)45-32)36(52)7-17-53-16-6-27-3-2-4-28(19-27)24-47-12-8-38(9-13-47)26-48(15-18-55-38)34-20-29(5-10-44-34)39(40,41)42/h2-5,10,19-22,33,43,49-50H,6-9,11-18,23-26H2,1H3,(H,45,51). The Kier molecular flexibility index (Phi) is 13.1. The normalized spacial score (nSPS) is 17.7. The molecule has 1 atom stereocenters. The summed E-state index contributed by atoms with van der Waals surface area (Å²) in [6, 6.07) is 13.3. The molecule has 0 bridgehead atoms. The predicted octanol–water partition coefficient (Wildman–Crippen LogP) is 3.74. The van der Waals surface area contributed by atoms with Crippen LogP contribution in [0.4, 0.5) is 24.7 Å². The predicted molar refractivity (Wildman–Crippen MR) is 198 cm³/mol. The molecule has 55 heavy (non-hydrogen) atoms. The van der Waals surface area contributed by atoms with E-state index in [1.807, 2.05) is 11.0 Å². The van der Waals surface area contributed by atoms with E-state index < -0.39 is 23.4 Å². The van der Waals surface area contributed by atoms with Gasteiger partial charge in [0, 0.05) is 77.2 Å². The first kappa shape index (κ1) is 40.2. The van der Waals surface area contributed by atoms with Gasteiger partial charge in [-0.05, 0) is 48.6 Å². The zero-order chi connectivity index (χ0) is 39.0. The number of aromatic hydroxyl groups is 1. The van der Waals surface area contributed by atoms with E-state index in [2.05, 4.69) is 38.7 Å². The van der Waals surface area contributed by atoms with Crippen LogP contribution in [0, 0.1) is 0 Å². The number of hydrogen-bond acceptors (Lipinski definition) is 11. The molecule has 3 aliphatic heterocycles. The summed E-state index contributed by atoms with van der Waals surface area (Å²) in [4.78, 5) is 34.4. The Morgan fingerprint density at radius 2 is 1.93 bits per heavy atom. The summed E-state index contributed by atoms with van der Waals surface area (Å²) in [6.07, 6.45) is -1.68. The highest BCUT2D eigenvalue weighted by molar-refractivity contribution is 5.96. The Morgan fingerprint density at radius 3 is 2.73 bits per heavy atom. The maximum Gasteiger partial charge on any atom is 0.416 e. The largest absolute Gasteiger partial charge is 0.508 e. The lowest BCUT2D eigenvalue weighted by atomic mass is 9.89. The van der Waals surface area contributed by atoms with E-state index in [0.29, 0.717) is 75.2 Å². The van der Waals surface area contributed by atoms with Crippen LogP contribution in [0.3, 0.4) is 0 Å². The van der Waals surface area contributed by atoms with Crippen LogP contribution in [0.25, 0.3) is 0 Å². The Hall–Kier alpha value is -4.48. The lowest BCUT2D eigenvalue weighted by Crippen LogP contribution is -2.57. The SMILES string of the molecule is CN(CCNCC(O)c1cc(O)cc2c1OCC(=O)N2)C(=O)CCOCCc1cccc(CN2CCC3(CC2)CN(c2cc(C(F)(F)F)ccn2)CCO3)c1. The minimum Gasteiger partial charge on any atom is -0.508 e. The average Bonchev–Trinajstić information content (AvgIpc) is 3.16. The minimum atomic E-state index is -4.41. The second-order valence-corrected chi connectivity index (χ2v) is 14.3.